The predicted molar refractivity (Wildman–Crippen MR) is 71.0 cm³/mol. The molecule has 1 atom stereocenters. The van der Waals surface area contributed by atoms with Gasteiger partial charge in [-0.05, 0) is 34.6 Å². The summed E-state index contributed by atoms with van der Waals surface area (Å²) in [6.45, 7) is 14.3. The molecule has 0 aromatic carbocycles. The predicted octanol–water partition coefficient (Wildman–Crippen LogP) is 3.53. The summed E-state index contributed by atoms with van der Waals surface area (Å²) in [6.07, 6.45) is 1.63. The minimum atomic E-state index is -0.511. The Morgan fingerprint density at radius 3 is 2.39 bits per heavy atom. The first-order valence-corrected chi connectivity index (χ1v) is 6.33. The van der Waals surface area contributed by atoms with Gasteiger partial charge in [0.05, 0.1) is 12.6 Å². The molecule has 1 amide bonds. The standard InChI is InChI=1S/C14H25NO3/c1-10(2)8-11-14(6,7)9-17-15(11)12(16)18-13(3,4)5/h8,11H,9H2,1-7H3/t11-/m1/s1. The number of nitrogens with zero attached hydrogens (tertiary/aromatic N) is 1. The van der Waals surface area contributed by atoms with E-state index >= 15 is 0 Å². The smallest absolute Gasteiger partial charge is 0.435 e. The highest BCUT2D eigenvalue weighted by molar-refractivity contribution is 5.68. The van der Waals surface area contributed by atoms with Gasteiger partial charge in [-0.15, -0.1) is 0 Å². The molecule has 4 nitrogen and oxygen atoms in total. The summed E-state index contributed by atoms with van der Waals surface area (Å²) in [6, 6.07) is -0.0858. The van der Waals surface area contributed by atoms with Crippen LogP contribution >= 0.6 is 0 Å². The molecule has 1 heterocycles. The Morgan fingerprint density at radius 1 is 1.39 bits per heavy atom. The van der Waals surface area contributed by atoms with Crippen molar-refractivity contribution >= 4 is 6.09 Å². The van der Waals surface area contributed by atoms with Crippen molar-refractivity contribution in [2.24, 2.45) is 5.41 Å². The van der Waals surface area contributed by atoms with Crippen LogP contribution in [-0.2, 0) is 9.57 Å². The van der Waals surface area contributed by atoms with Crippen molar-refractivity contribution in [3.05, 3.63) is 11.6 Å². The highest BCUT2D eigenvalue weighted by Crippen LogP contribution is 2.35. The van der Waals surface area contributed by atoms with Crippen LogP contribution in [0.2, 0.25) is 0 Å². The lowest BCUT2D eigenvalue weighted by Crippen LogP contribution is -2.42. The summed E-state index contributed by atoms with van der Waals surface area (Å²) in [5.41, 5.74) is 0.545. The fourth-order valence-electron chi connectivity index (χ4n) is 1.80. The zero-order chi connectivity index (χ0) is 14.1. The molecule has 104 valence electrons. The van der Waals surface area contributed by atoms with Gasteiger partial charge in [-0.25, -0.2) is 4.79 Å². The molecule has 0 unspecified atom stereocenters. The highest BCUT2D eigenvalue weighted by Gasteiger charge is 2.44. The maximum Gasteiger partial charge on any atom is 0.435 e. The average Bonchev–Trinajstić information content (AvgIpc) is 2.39. The van der Waals surface area contributed by atoms with E-state index in [4.69, 9.17) is 9.57 Å². The quantitative estimate of drug-likeness (QED) is 0.673. The molecule has 0 aliphatic carbocycles. The van der Waals surface area contributed by atoms with E-state index < -0.39 is 11.7 Å². The second-order valence-electron chi connectivity index (χ2n) is 6.76. The van der Waals surface area contributed by atoms with Gasteiger partial charge in [0.1, 0.15) is 5.60 Å². The third-order valence-corrected chi connectivity index (χ3v) is 2.69. The van der Waals surface area contributed by atoms with Crippen molar-refractivity contribution in [3.63, 3.8) is 0 Å². The Kier molecular flexibility index (Phi) is 4.11. The van der Waals surface area contributed by atoms with E-state index in [1.807, 2.05) is 34.6 Å². The van der Waals surface area contributed by atoms with E-state index in [0.717, 1.165) is 5.57 Å². The second kappa shape index (κ2) is 4.92. The Morgan fingerprint density at radius 2 is 1.94 bits per heavy atom. The summed E-state index contributed by atoms with van der Waals surface area (Å²) in [5.74, 6) is 0. The van der Waals surface area contributed by atoms with Crippen LogP contribution in [0.3, 0.4) is 0 Å². The van der Waals surface area contributed by atoms with Crippen molar-refractivity contribution in [3.8, 4) is 0 Å². The van der Waals surface area contributed by atoms with Crippen molar-refractivity contribution in [1.82, 2.24) is 5.06 Å². The van der Waals surface area contributed by atoms with E-state index in [2.05, 4.69) is 19.9 Å². The number of rotatable bonds is 1. The van der Waals surface area contributed by atoms with Crippen LogP contribution in [0.1, 0.15) is 48.5 Å². The van der Waals surface area contributed by atoms with E-state index in [1.54, 1.807) is 0 Å². The fraction of sp³-hybridized carbons (Fsp3) is 0.786. The van der Waals surface area contributed by atoms with E-state index in [1.165, 1.54) is 5.06 Å². The van der Waals surface area contributed by atoms with Crippen LogP contribution in [0.4, 0.5) is 4.79 Å². The van der Waals surface area contributed by atoms with Crippen LogP contribution in [0.5, 0.6) is 0 Å². The zero-order valence-electron chi connectivity index (χ0n) is 12.5. The van der Waals surface area contributed by atoms with Gasteiger partial charge >= 0.3 is 6.09 Å². The molecule has 4 heteroatoms. The highest BCUT2D eigenvalue weighted by atomic mass is 16.7. The molecule has 0 aromatic heterocycles. The molecule has 1 aliphatic heterocycles. The molecule has 0 spiro atoms. The third-order valence-electron chi connectivity index (χ3n) is 2.69. The maximum absolute atomic E-state index is 12.1. The number of hydrogen-bond donors (Lipinski definition) is 0. The molecule has 0 bridgehead atoms. The molecule has 18 heavy (non-hydrogen) atoms. The molecule has 0 aromatic rings. The molecule has 1 fully saturated rings. The molecular formula is C14H25NO3. The lowest BCUT2D eigenvalue weighted by atomic mass is 9.85. The van der Waals surface area contributed by atoms with Gasteiger partial charge in [-0.1, -0.05) is 25.5 Å². The first kappa shape index (κ1) is 15.0. The van der Waals surface area contributed by atoms with Crippen LogP contribution in [0.15, 0.2) is 11.6 Å². The van der Waals surface area contributed by atoms with Gasteiger partial charge in [0.25, 0.3) is 0 Å². The lowest BCUT2D eigenvalue weighted by Gasteiger charge is -2.29. The van der Waals surface area contributed by atoms with Gasteiger partial charge in [-0.2, -0.15) is 5.06 Å². The number of ether oxygens (including phenoxy) is 1. The summed E-state index contributed by atoms with van der Waals surface area (Å²) >= 11 is 0. The first-order valence-electron chi connectivity index (χ1n) is 6.33. The monoisotopic (exact) mass is 255 g/mol. The van der Waals surface area contributed by atoms with Gasteiger partial charge in [0, 0.05) is 5.41 Å². The van der Waals surface area contributed by atoms with Gasteiger partial charge in [0.15, 0.2) is 0 Å². The van der Waals surface area contributed by atoms with Crippen LogP contribution in [-0.4, -0.2) is 29.4 Å². The SMILES string of the molecule is CC(C)=C[C@H]1N(C(=O)OC(C)(C)C)OCC1(C)C. The molecule has 0 saturated carbocycles. The summed E-state index contributed by atoms with van der Waals surface area (Å²) in [5, 5.41) is 1.36. The topological polar surface area (TPSA) is 38.8 Å². The second-order valence-corrected chi connectivity index (χ2v) is 6.76. The minimum absolute atomic E-state index is 0.0858. The molecule has 1 aliphatic rings. The number of allylic oxidation sites excluding steroid dienone is 1. The summed E-state index contributed by atoms with van der Waals surface area (Å²) in [4.78, 5) is 17.6. The van der Waals surface area contributed by atoms with Crippen LogP contribution in [0.25, 0.3) is 0 Å². The summed E-state index contributed by atoms with van der Waals surface area (Å²) in [7, 11) is 0. The van der Waals surface area contributed by atoms with Gasteiger partial charge in [-0.3, -0.25) is 4.84 Å². The van der Waals surface area contributed by atoms with Gasteiger partial charge < -0.3 is 4.74 Å². The molecule has 0 radical (unpaired) electrons. The van der Waals surface area contributed by atoms with Gasteiger partial charge in [0.2, 0.25) is 0 Å². The average molecular weight is 255 g/mol. The third kappa shape index (κ3) is 3.73. The van der Waals surface area contributed by atoms with Crippen LogP contribution in [0, 0.1) is 5.41 Å². The maximum atomic E-state index is 12.1. The Bertz CT molecular complexity index is 349. The van der Waals surface area contributed by atoms with Crippen LogP contribution < -0.4 is 0 Å². The summed E-state index contributed by atoms with van der Waals surface area (Å²) < 4.78 is 5.36. The number of hydroxylamine groups is 2. The Hall–Kier alpha value is -1.03. The van der Waals surface area contributed by atoms with Crippen molar-refractivity contribution < 1.29 is 14.4 Å². The van der Waals surface area contributed by atoms with Crippen molar-refractivity contribution in [2.75, 3.05) is 6.61 Å². The van der Waals surface area contributed by atoms with E-state index in [0.29, 0.717) is 6.61 Å². The Labute approximate surface area is 110 Å². The van der Waals surface area contributed by atoms with Crippen molar-refractivity contribution in [1.29, 1.82) is 0 Å². The molecule has 1 rings (SSSR count). The van der Waals surface area contributed by atoms with E-state index in [9.17, 15) is 4.79 Å². The number of carbonyl (C=O) groups is 1. The molecule has 1 saturated heterocycles. The first-order chi connectivity index (χ1) is 8.03. The minimum Gasteiger partial charge on any atom is -0.442 e. The largest absolute Gasteiger partial charge is 0.442 e. The molecular weight excluding hydrogens is 230 g/mol. The lowest BCUT2D eigenvalue weighted by molar-refractivity contribution is -0.117. The Balaban J connectivity index is 2.88. The molecule has 0 N–H and O–H groups in total. The fourth-order valence-corrected chi connectivity index (χ4v) is 1.80. The van der Waals surface area contributed by atoms with E-state index in [-0.39, 0.29) is 11.5 Å². The number of carbonyl (C=O) groups excluding carboxylic acids is 1. The number of amides is 1. The zero-order valence-corrected chi connectivity index (χ0v) is 12.5. The number of hydrogen-bond acceptors (Lipinski definition) is 3. The normalized spacial score (nSPS) is 22.8. The van der Waals surface area contributed by atoms with Crippen molar-refractivity contribution in [2.45, 2.75) is 60.1 Å².